The zero-order chi connectivity index (χ0) is 26.1. The van der Waals surface area contributed by atoms with Crippen LogP contribution in [0.15, 0.2) is 30.3 Å². The fourth-order valence-corrected chi connectivity index (χ4v) is 4.00. The van der Waals surface area contributed by atoms with Gasteiger partial charge in [-0.05, 0) is 72.8 Å². The van der Waals surface area contributed by atoms with Gasteiger partial charge in [0.05, 0.1) is 0 Å². The van der Waals surface area contributed by atoms with Gasteiger partial charge in [0.25, 0.3) is 0 Å². The Morgan fingerprint density at radius 2 is 1.40 bits per heavy atom. The van der Waals surface area contributed by atoms with E-state index in [1.54, 1.807) is 4.90 Å². The summed E-state index contributed by atoms with van der Waals surface area (Å²) in [6.45, 7) is 15.1. The normalized spacial score (nSPS) is 21.0. The van der Waals surface area contributed by atoms with Gasteiger partial charge in [0, 0.05) is 44.8 Å². The van der Waals surface area contributed by atoms with Crippen LogP contribution in [0.4, 0.5) is 9.59 Å². The van der Waals surface area contributed by atoms with E-state index in [0.29, 0.717) is 12.6 Å². The molecule has 8 heteroatoms. The SMILES string of the molecule is CC(C)(C)OC(=O)N1CCCC(N)C1.CC(C)(C)OC(=O)N1CCCC(NCc2ccccc2)C1. The minimum atomic E-state index is -0.429. The van der Waals surface area contributed by atoms with Crippen molar-refractivity contribution in [2.75, 3.05) is 26.2 Å². The molecule has 0 spiro atoms. The van der Waals surface area contributed by atoms with Crippen molar-refractivity contribution in [1.82, 2.24) is 15.1 Å². The van der Waals surface area contributed by atoms with Crippen LogP contribution in [0.3, 0.4) is 0 Å². The molecular formula is C27H46N4O4. The molecule has 0 bridgehead atoms. The van der Waals surface area contributed by atoms with Crippen LogP contribution in [-0.2, 0) is 16.0 Å². The van der Waals surface area contributed by atoms with Crippen LogP contribution in [0.5, 0.6) is 0 Å². The fourth-order valence-electron chi connectivity index (χ4n) is 4.00. The lowest BCUT2D eigenvalue weighted by Gasteiger charge is -2.34. The van der Waals surface area contributed by atoms with E-state index in [2.05, 4.69) is 17.4 Å². The summed E-state index contributed by atoms with van der Waals surface area (Å²) in [6, 6.07) is 10.8. The molecule has 1 aromatic rings. The molecule has 2 aliphatic heterocycles. The summed E-state index contributed by atoms with van der Waals surface area (Å²) in [4.78, 5) is 27.2. The molecule has 2 aliphatic rings. The quantitative estimate of drug-likeness (QED) is 0.647. The van der Waals surface area contributed by atoms with E-state index in [1.165, 1.54) is 5.56 Å². The van der Waals surface area contributed by atoms with Crippen LogP contribution in [0.25, 0.3) is 0 Å². The lowest BCUT2D eigenvalue weighted by atomic mass is 10.1. The number of nitrogens with one attached hydrogen (secondary N) is 1. The Balaban J connectivity index is 0.000000269. The first kappa shape index (κ1) is 28.9. The van der Waals surface area contributed by atoms with Crippen molar-refractivity contribution < 1.29 is 19.1 Å². The third-order valence-corrected chi connectivity index (χ3v) is 5.62. The first-order chi connectivity index (χ1) is 16.3. The largest absolute Gasteiger partial charge is 0.444 e. The minimum absolute atomic E-state index is 0.108. The van der Waals surface area contributed by atoms with E-state index in [9.17, 15) is 9.59 Å². The Morgan fingerprint density at radius 1 is 0.886 bits per heavy atom. The number of ether oxygens (including phenoxy) is 2. The van der Waals surface area contributed by atoms with Crippen LogP contribution in [-0.4, -0.2) is 71.5 Å². The highest BCUT2D eigenvalue weighted by molar-refractivity contribution is 5.68. The second-order valence-electron chi connectivity index (χ2n) is 11.5. The molecule has 2 unspecified atom stereocenters. The van der Waals surface area contributed by atoms with Gasteiger partial charge in [-0.3, -0.25) is 0 Å². The highest BCUT2D eigenvalue weighted by atomic mass is 16.6. The summed E-state index contributed by atoms with van der Waals surface area (Å²) in [5.41, 5.74) is 6.20. The second-order valence-corrected chi connectivity index (χ2v) is 11.5. The number of hydrogen-bond acceptors (Lipinski definition) is 6. The van der Waals surface area contributed by atoms with E-state index in [0.717, 1.165) is 51.9 Å². The van der Waals surface area contributed by atoms with Crippen molar-refractivity contribution in [2.24, 2.45) is 5.73 Å². The van der Waals surface area contributed by atoms with E-state index in [4.69, 9.17) is 15.2 Å². The second kappa shape index (κ2) is 13.1. The molecule has 0 radical (unpaired) electrons. The topological polar surface area (TPSA) is 97.1 Å². The molecule has 0 aliphatic carbocycles. The van der Waals surface area contributed by atoms with E-state index >= 15 is 0 Å². The van der Waals surface area contributed by atoms with E-state index < -0.39 is 11.2 Å². The third-order valence-electron chi connectivity index (χ3n) is 5.62. The maximum atomic E-state index is 12.1. The van der Waals surface area contributed by atoms with Crippen molar-refractivity contribution in [3.63, 3.8) is 0 Å². The summed E-state index contributed by atoms with van der Waals surface area (Å²) >= 11 is 0. The van der Waals surface area contributed by atoms with Gasteiger partial charge in [-0.15, -0.1) is 0 Å². The van der Waals surface area contributed by atoms with Crippen molar-refractivity contribution >= 4 is 12.2 Å². The first-order valence-electron chi connectivity index (χ1n) is 12.8. The minimum Gasteiger partial charge on any atom is -0.444 e. The summed E-state index contributed by atoms with van der Waals surface area (Å²) in [5, 5.41) is 3.54. The summed E-state index contributed by atoms with van der Waals surface area (Å²) in [6.07, 6.45) is 3.65. The average molecular weight is 491 g/mol. The van der Waals surface area contributed by atoms with Gasteiger partial charge < -0.3 is 30.3 Å². The molecule has 2 amide bonds. The van der Waals surface area contributed by atoms with Crippen LogP contribution in [0.2, 0.25) is 0 Å². The molecule has 2 saturated heterocycles. The van der Waals surface area contributed by atoms with Gasteiger partial charge in [0.2, 0.25) is 0 Å². The number of amides is 2. The zero-order valence-corrected chi connectivity index (χ0v) is 22.5. The smallest absolute Gasteiger partial charge is 0.410 e. The standard InChI is InChI=1S/C17H26N2O2.C10H20N2O2/c1-17(2,3)21-16(20)19-11-7-10-15(13-19)18-12-14-8-5-4-6-9-14;1-10(2,3)14-9(13)12-6-4-5-8(11)7-12/h4-6,8-9,15,18H,7,10-13H2,1-3H3;8H,4-7,11H2,1-3H3. The number of hydrogen-bond donors (Lipinski definition) is 2. The van der Waals surface area contributed by atoms with Crippen molar-refractivity contribution in [3.05, 3.63) is 35.9 Å². The van der Waals surface area contributed by atoms with Gasteiger partial charge in [-0.25, -0.2) is 9.59 Å². The Labute approximate surface area is 211 Å². The predicted octanol–water partition coefficient (Wildman–Crippen LogP) is 4.52. The van der Waals surface area contributed by atoms with Crippen LogP contribution in [0, 0.1) is 0 Å². The zero-order valence-electron chi connectivity index (χ0n) is 22.5. The third kappa shape index (κ3) is 11.8. The predicted molar refractivity (Wildman–Crippen MR) is 139 cm³/mol. The summed E-state index contributed by atoms with van der Waals surface area (Å²) in [7, 11) is 0. The van der Waals surface area contributed by atoms with E-state index in [1.807, 2.05) is 64.6 Å². The lowest BCUT2D eigenvalue weighted by Crippen LogP contribution is -2.49. The van der Waals surface area contributed by atoms with Gasteiger partial charge in [0.1, 0.15) is 11.2 Å². The fraction of sp³-hybridized carbons (Fsp3) is 0.704. The monoisotopic (exact) mass is 490 g/mol. The molecule has 2 fully saturated rings. The number of carbonyl (C=O) groups excluding carboxylic acids is 2. The molecule has 2 heterocycles. The lowest BCUT2D eigenvalue weighted by molar-refractivity contribution is 0.0182. The van der Waals surface area contributed by atoms with Gasteiger partial charge in [-0.1, -0.05) is 30.3 Å². The van der Waals surface area contributed by atoms with Gasteiger partial charge >= 0.3 is 12.2 Å². The number of rotatable bonds is 3. The molecule has 8 nitrogen and oxygen atoms in total. The Morgan fingerprint density at radius 3 is 1.91 bits per heavy atom. The van der Waals surface area contributed by atoms with Crippen molar-refractivity contribution in [1.29, 1.82) is 0 Å². The van der Waals surface area contributed by atoms with Crippen LogP contribution >= 0.6 is 0 Å². The van der Waals surface area contributed by atoms with Crippen LogP contribution in [0.1, 0.15) is 72.8 Å². The molecule has 198 valence electrons. The highest BCUT2D eigenvalue weighted by Crippen LogP contribution is 2.16. The summed E-state index contributed by atoms with van der Waals surface area (Å²) < 4.78 is 10.7. The molecular weight excluding hydrogens is 444 g/mol. The average Bonchev–Trinajstić information content (AvgIpc) is 2.77. The number of benzene rings is 1. The summed E-state index contributed by atoms with van der Waals surface area (Å²) in [5.74, 6) is 0. The first-order valence-corrected chi connectivity index (χ1v) is 12.8. The molecule has 0 saturated carbocycles. The molecule has 3 rings (SSSR count). The number of carbonyl (C=O) groups is 2. The molecule has 35 heavy (non-hydrogen) atoms. The van der Waals surface area contributed by atoms with Crippen molar-refractivity contribution in [3.8, 4) is 0 Å². The van der Waals surface area contributed by atoms with E-state index in [-0.39, 0.29) is 18.2 Å². The van der Waals surface area contributed by atoms with Gasteiger partial charge in [0.15, 0.2) is 0 Å². The Bertz CT molecular complexity index is 789. The Kier molecular flexibility index (Phi) is 10.8. The molecule has 2 atom stereocenters. The number of likely N-dealkylation sites (tertiary alicyclic amines) is 2. The van der Waals surface area contributed by atoms with Gasteiger partial charge in [-0.2, -0.15) is 0 Å². The highest BCUT2D eigenvalue weighted by Gasteiger charge is 2.28. The maximum absolute atomic E-state index is 12.1. The number of nitrogens with two attached hydrogens (primary N) is 1. The number of piperidine rings is 2. The maximum Gasteiger partial charge on any atom is 0.410 e. The van der Waals surface area contributed by atoms with Crippen LogP contribution < -0.4 is 11.1 Å². The number of nitrogens with zero attached hydrogens (tertiary/aromatic N) is 2. The van der Waals surface area contributed by atoms with Crippen molar-refractivity contribution in [2.45, 2.75) is 97.1 Å². The molecule has 3 N–H and O–H groups in total. The molecule has 0 aromatic heterocycles. The Hall–Kier alpha value is -2.32. The molecule has 1 aromatic carbocycles.